The molecule has 1 saturated heterocycles. The number of amides is 2. The van der Waals surface area contributed by atoms with Crippen molar-refractivity contribution in [2.24, 2.45) is 11.7 Å². The fourth-order valence-electron chi connectivity index (χ4n) is 3.55. The van der Waals surface area contributed by atoms with Gasteiger partial charge in [-0.25, -0.2) is 22.0 Å². The average molecular weight is 496 g/mol. The van der Waals surface area contributed by atoms with Gasteiger partial charge in [0.2, 0.25) is 15.9 Å². The number of sulfonamides is 1. The number of halogens is 2. The molecule has 2 aromatic carbocycles. The van der Waals surface area contributed by atoms with Gasteiger partial charge in [0, 0.05) is 25.1 Å². The standard InChI is InChI=1S/C22H23F2N3O6S/c1-2-33-22(30)14-3-5-15(6-4-14)34(31,32)27-9-7-13(8-10-27)21(29)26-19-11-16(20(25)28)17(23)12-18(19)24/h3-6,11-13H,2,7-10H2,1H3,(H2,25,28)(H,26,29). The Kier molecular flexibility index (Phi) is 7.62. The van der Waals surface area contributed by atoms with Gasteiger partial charge in [-0.05, 0) is 50.1 Å². The van der Waals surface area contributed by atoms with Gasteiger partial charge in [-0.15, -0.1) is 0 Å². The van der Waals surface area contributed by atoms with Crippen LogP contribution in [0.4, 0.5) is 14.5 Å². The minimum Gasteiger partial charge on any atom is -0.462 e. The van der Waals surface area contributed by atoms with Crippen LogP contribution in [0.1, 0.15) is 40.5 Å². The van der Waals surface area contributed by atoms with E-state index in [0.717, 1.165) is 6.07 Å². The molecule has 0 atom stereocenters. The molecule has 1 heterocycles. The number of rotatable bonds is 7. The molecule has 3 N–H and O–H groups in total. The summed E-state index contributed by atoms with van der Waals surface area (Å²) in [6, 6.07) is 6.63. The molecule has 3 rings (SSSR count). The van der Waals surface area contributed by atoms with E-state index in [1.807, 2.05) is 0 Å². The second-order valence-electron chi connectivity index (χ2n) is 7.59. The molecule has 1 aliphatic heterocycles. The van der Waals surface area contributed by atoms with Crippen molar-refractivity contribution in [3.05, 3.63) is 59.2 Å². The van der Waals surface area contributed by atoms with Crippen molar-refractivity contribution in [1.29, 1.82) is 0 Å². The third kappa shape index (κ3) is 5.39. The maximum Gasteiger partial charge on any atom is 0.338 e. The van der Waals surface area contributed by atoms with Crippen molar-refractivity contribution in [3.63, 3.8) is 0 Å². The lowest BCUT2D eigenvalue weighted by Crippen LogP contribution is -2.41. The smallest absolute Gasteiger partial charge is 0.338 e. The van der Waals surface area contributed by atoms with Crippen LogP contribution in [0.25, 0.3) is 0 Å². The van der Waals surface area contributed by atoms with Crippen molar-refractivity contribution in [2.45, 2.75) is 24.7 Å². The lowest BCUT2D eigenvalue weighted by atomic mass is 9.97. The maximum absolute atomic E-state index is 14.0. The number of ether oxygens (including phenoxy) is 1. The SMILES string of the molecule is CCOC(=O)c1ccc(S(=O)(=O)N2CCC(C(=O)Nc3cc(C(N)=O)c(F)cc3F)CC2)cc1. The third-order valence-corrected chi connectivity index (χ3v) is 7.32. The molecule has 12 heteroatoms. The zero-order valence-electron chi connectivity index (χ0n) is 18.2. The normalized spacial score (nSPS) is 15.0. The van der Waals surface area contributed by atoms with Crippen LogP contribution in [-0.4, -0.2) is 50.2 Å². The van der Waals surface area contributed by atoms with E-state index in [-0.39, 0.29) is 43.0 Å². The predicted octanol–water partition coefficient (Wildman–Crippen LogP) is 2.28. The molecule has 0 bridgehead atoms. The minimum absolute atomic E-state index is 0.00388. The van der Waals surface area contributed by atoms with E-state index in [1.54, 1.807) is 6.92 Å². The molecule has 1 fully saturated rings. The Morgan fingerprint density at radius 1 is 1.09 bits per heavy atom. The van der Waals surface area contributed by atoms with E-state index in [9.17, 15) is 31.6 Å². The first-order chi connectivity index (χ1) is 16.0. The number of nitrogens with one attached hydrogen (secondary N) is 1. The Bertz CT molecular complexity index is 1210. The number of piperidine rings is 1. The summed E-state index contributed by atoms with van der Waals surface area (Å²) in [4.78, 5) is 35.6. The molecule has 2 aromatic rings. The van der Waals surface area contributed by atoms with E-state index in [1.165, 1.54) is 28.6 Å². The molecule has 0 radical (unpaired) electrons. The largest absolute Gasteiger partial charge is 0.462 e. The molecule has 2 amide bonds. The van der Waals surface area contributed by atoms with Gasteiger partial charge in [-0.3, -0.25) is 9.59 Å². The minimum atomic E-state index is -3.85. The summed E-state index contributed by atoms with van der Waals surface area (Å²) in [6.45, 7) is 1.94. The molecule has 1 aliphatic rings. The van der Waals surface area contributed by atoms with Crippen LogP contribution in [0, 0.1) is 17.6 Å². The molecule has 0 aromatic heterocycles. The molecular weight excluding hydrogens is 472 g/mol. The van der Waals surface area contributed by atoms with E-state index in [2.05, 4.69) is 5.32 Å². The van der Waals surface area contributed by atoms with Crippen LogP contribution in [0.3, 0.4) is 0 Å². The van der Waals surface area contributed by atoms with Crippen molar-refractivity contribution in [1.82, 2.24) is 4.31 Å². The highest BCUT2D eigenvalue weighted by molar-refractivity contribution is 7.89. The van der Waals surface area contributed by atoms with Gasteiger partial charge in [0.25, 0.3) is 5.91 Å². The quantitative estimate of drug-likeness (QED) is 0.566. The first kappa shape index (κ1) is 25.2. The van der Waals surface area contributed by atoms with Gasteiger partial charge in [0.15, 0.2) is 0 Å². The third-order valence-electron chi connectivity index (χ3n) is 5.41. The number of esters is 1. The first-order valence-electron chi connectivity index (χ1n) is 10.4. The van der Waals surface area contributed by atoms with Crippen molar-refractivity contribution in [3.8, 4) is 0 Å². The lowest BCUT2D eigenvalue weighted by molar-refractivity contribution is -0.120. The number of anilines is 1. The zero-order valence-corrected chi connectivity index (χ0v) is 19.0. The Balaban J connectivity index is 1.64. The van der Waals surface area contributed by atoms with Crippen molar-refractivity contribution in [2.75, 3.05) is 25.0 Å². The first-order valence-corrected chi connectivity index (χ1v) is 11.9. The predicted molar refractivity (Wildman–Crippen MR) is 117 cm³/mol. The van der Waals surface area contributed by atoms with Gasteiger partial charge in [-0.1, -0.05) is 0 Å². The van der Waals surface area contributed by atoms with E-state index in [0.29, 0.717) is 6.07 Å². The number of hydrogen-bond donors (Lipinski definition) is 2. The summed E-state index contributed by atoms with van der Waals surface area (Å²) in [6.07, 6.45) is 0.328. The molecule has 182 valence electrons. The average Bonchev–Trinajstić information content (AvgIpc) is 2.80. The number of nitrogens with zero attached hydrogens (tertiary/aromatic N) is 1. The number of hydrogen-bond acceptors (Lipinski definition) is 6. The summed E-state index contributed by atoms with van der Waals surface area (Å²) in [5, 5.41) is 2.31. The van der Waals surface area contributed by atoms with Gasteiger partial charge < -0.3 is 15.8 Å². The number of carbonyl (C=O) groups excluding carboxylic acids is 3. The van der Waals surface area contributed by atoms with Crippen LogP contribution in [-0.2, 0) is 19.6 Å². The molecule has 34 heavy (non-hydrogen) atoms. The highest BCUT2D eigenvalue weighted by Gasteiger charge is 2.32. The van der Waals surface area contributed by atoms with Gasteiger partial charge in [0.05, 0.1) is 28.3 Å². The Labute approximate surface area is 194 Å². The summed E-state index contributed by atoms with van der Waals surface area (Å²) >= 11 is 0. The fourth-order valence-corrected chi connectivity index (χ4v) is 5.02. The number of primary amides is 1. The Hall–Kier alpha value is -3.38. The van der Waals surface area contributed by atoms with Crippen LogP contribution in [0.15, 0.2) is 41.3 Å². The number of nitrogens with two attached hydrogens (primary N) is 1. The van der Waals surface area contributed by atoms with Crippen LogP contribution in [0.2, 0.25) is 0 Å². The van der Waals surface area contributed by atoms with Crippen LogP contribution < -0.4 is 11.1 Å². The topological polar surface area (TPSA) is 136 Å². The van der Waals surface area contributed by atoms with Gasteiger partial charge in [0.1, 0.15) is 11.6 Å². The van der Waals surface area contributed by atoms with E-state index < -0.39 is 56.6 Å². The number of carbonyl (C=O) groups is 3. The molecule has 0 spiro atoms. The maximum atomic E-state index is 14.0. The summed E-state index contributed by atoms with van der Waals surface area (Å²) in [5.74, 6) is -5.09. The molecule has 0 unspecified atom stereocenters. The second kappa shape index (κ2) is 10.3. The van der Waals surface area contributed by atoms with E-state index >= 15 is 0 Å². The second-order valence-corrected chi connectivity index (χ2v) is 9.53. The Morgan fingerprint density at radius 3 is 2.26 bits per heavy atom. The van der Waals surface area contributed by atoms with Crippen LogP contribution >= 0.6 is 0 Å². The van der Waals surface area contributed by atoms with E-state index in [4.69, 9.17) is 10.5 Å². The lowest BCUT2D eigenvalue weighted by Gasteiger charge is -2.30. The zero-order chi connectivity index (χ0) is 25.0. The number of benzene rings is 2. The Morgan fingerprint density at radius 2 is 1.71 bits per heavy atom. The summed E-state index contributed by atoms with van der Waals surface area (Å²) in [7, 11) is -3.85. The van der Waals surface area contributed by atoms with Crippen molar-refractivity contribution >= 4 is 33.5 Å². The molecule has 0 aliphatic carbocycles. The van der Waals surface area contributed by atoms with Crippen LogP contribution in [0.5, 0.6) is 0 Å². The summed E-state index contributed by atoms with van der Waals surface area (Å²) in [5.41, 5.74) is 4.32. The molecule has 9 nitrogen and oxygen atoms in total. The highest BCUT2D eigenvalue weighted by atomic mass is 32.2. The highest BCUT2D eigenvalue weighted by Crippen LogP contribution is 2.26. The monoisotopic (exact) mass is 495 g/mol. The van der Waals surface area contributed by atoms with Gasteiger partial charge in [-0.2, -0.15) is 4.31 Å². The molecule has 0 saturated carbocycles. The summed E-state index contributed by atoms with van der Waals surface area (Å²) < 4.78 is 59.6. The van der Waals surface area contributed by atoms with Crippen molar-refractivity contribution < 1.29 is 36.3 Å². The fraction of sp³-hybridized carbons (Fsp3) is 0.318. The molecular formula is C22H23F2N3O6S. The van der Waals surface area contributed by atoms with Gasteiger partial charge >= 0.3 is 5.97 Å².